The molecule has 0 unspecified atom stereocenters. The lowest BCUT2D eigenvalue weighted by molar-refractivity contribution is 0.174. The van der Waals surface area contributed by atoms with Crippen LogP contribution in [0, 0.1) is 0 Å². The molecule has 148 valence electrons. The fourth-order valence-electron chi connectivity index (χ4n) is 3.32. The van der Waals surface area contributed by atoms with Crippen LogP contribution in [0.3, 0.4) is 0 Å². The molecule has 0 radical (unpaired) electrons. The van der Waals surface area contributed by atoms with Crippen molar-refractivity contribution in [2.75, 3.05) is 48.1 Å². The third-order valence-electron chi connectivity index (χ3n) is 4.86. The van der Waals surface area contributed by atoms with Crippen molar-refractivity contribution in [1.82, 2.24) is 25.1 Å². The van der Waals surface area contributed by atoms with E-state index in [9.17, 15) is 0 Å². The van der Waals surface area contributed by atoms with E-state index in [1.807, 2.05) is 24.3 Å². The monoisotopic (exact) mass is 392 g/mol. The zero-order valence-corrected chi connectivity index (χ0v) is 15.7. The van der Waals surface area contributed by atoms with E-state index in [4.69, 9.17) is 9.47 Å². The number of anilines is 3. The summed E-state index contributed by atoms with van der Waals surface area (Å²) in [5, 5.41) is 11.6. The number of benzene rings is 1. The molecule has 2 aromatic heterocycles. The van der Waals surface area contributed by atoms with Gasteiger partial charge in [-0.1, -0.05) is 6.07 Å². The Hall–Kier alpha value is -3.69. The van der Waals surface area contributed by atoms with Crippen molar-refractivity contribution in [2.24, 2.45) is 0 Å². The van der Waals surface area contributed by atoms with Crippen LogP contribution in [-0.2, 0) is 6.54 Å². The van der Waals surface area contributed by atoms with Crippen LogP contribution in [0.4, 0.5) is 17.7 Å². The Morgan fingerprint density at radius 1 is 0.931 bits per heavy atom. The zero-order valence-electron chi connectivity index (χ0n) is 15.7. The molecule has 1 aromatic carbocycles. The zero-order chi connectivity index (χ0) is 19.5. The van der Waals surface area contributed by atoms with Gasteiger partial charge >= 0.3 is 0 Å². The Morgan fingerprint density at radius 2 is 1.69 bits per heavy atom. The summed E-state index contributed by atoms with van der Waals surface area (Å²) in [4.78, 5) is 17.5. The lowest BCUT2D eigenvalue weighted by Crippen LogP contribution is -2.47. The highest BCUT2D eigenvalue weighted by atomic mass is 16.7. The first kappa shape index (κ1) is 17.4. The fourth-order valence-corrected chi connectivity index (χ4v) is 3.32. The van der Waals surface area contributed by atoms with Crippen molar-refractivity contribution in [2.45, 2.75) is 6.54 Å². The van der Waals surface area contributed by atoms with Crippen molar-refractivity contribution in [3.05, 3.63) is 48.4 Å². The van der Waals surface area contributed by atoms with Crippen LogP contribution < -0.4 is 24.6 Å². The maximum absolute atomic E-state index is 5.42. The number of nitrogens with one attached hydrogen (secondary N) is 1. The molecule has 1 fully saturated rings. The van der Waals surface area contributed by atoms with Gasteiger partial charge in [-0.2, -0.15) is 10.1 Å². The van der Waals surface area contributed by atoms with Crippen LogP contribution in [0.2, 0.25) is 0 Å². The van der Waals surface area contributed by atoms with E-state index in [2.05, 4.69) is 40.3 Å². The molecule has 10 nitrogen and oxygen atoms in total. The van der Waals surface area contributed by atoms with E-state index >= 15 is 0 Å². The lowest BCUT2D eigenvalue weighted by atomic mass is 10.2. The molecule has 1 saturated heterocycles. The Morgan fingerprint density at radius 3 is 2.52 bits per heavy atom. The number of hydrogen-bond acceptors (Lipinski definition) is 10. The highest BCUT2D eigenvalue weighted by Crippen LogP contribution is 2.32. The van der Waals surface area contributed by atoms with E-state index in [1.165, 1.54) is 0 Å². The van der Waals surface area contributed by atoms with Crippen LogP contribution >= 0.6 is 0 Å². The van der Waals surface area contributed by atoms with Gasteiger partial charge in [0.15, 0.2) is 17.3 Å². The number of hydrogen-bond donors (Lipinski definition) is 1. The maximum Gasteiger partial charge on any atom is 0.247 e. The fraction of sp³-hybridized carbons (Fsp3) is 0.316. The number of fused-ring (bicyclic) bond motifs is 1. The predicted molar refractivity (Wildman–Crippen MR) is 106 cm³/mol. The minimum absolute atomic E-state index is 0.273. The summed E-state index contributed by atoms with van der Waals surface area (Å²) in [6.07, 6.45) is 5.15. The molecule has 4 heterocycles. The van der Waals surface area contributed by atoms with Gasteiger partial charge in [0.25, 0.3) is 0 Å². The second kappa shape index (κ2) is 7.74. The number of nitrogens with zero attached hydrogens (tertiary/aromatic N) is 7. The first-order valence-electron chi connectivity index (χ1n) is 9.44. The lowest BCUT2D eigenvalue weighted by Gasteiger charge is -2.34. The van der Waals surface area contributed by atoms with Gasteiger partial charge in [-0.05, 0) is 23.8 Å². The first-order chi connectivity index (χ1) is 14.3. The van der Waals surface area contributed by atoms with Gasteiger partial charge in [-0.15, -0.1) is 5.10 Å². The standard InChI is InChI=1S/C19H20N8O2/c1-4-20-18(21-5-1)26-6-8-27(9-7-26)19-24-17(12-23-25-19)22-11-14-2-3-15-16(10-14)29-13-28-15/h1-5,10,12H,6-9,11,13H2,(H,22,24,25). The van der Waals surface area contributed by atoms with Crippen LogP contribution in [0.1, 0.15) is 5.56 Å². The summed E-state index contributed by atoms with van der Waals surface area (Å²) in [5.41, 5.74) is 1.07. The molecule has 2 aliphatic heterocycles. The third kappa shape index (κ3) is 3.82. The summed E-state index contributed by atoms with van der Waals surface area (Å²) in [6, 6.07) is 7.71. The largest absolute Gasteiger partial charge is 0.454 e. The molecular formula is C19H20N8O2. The van der Waals surface area contributed by atoms with Crippen LogP contribution in [-0.4, -0.2) is 58.1 Å². The summed E-state index contributed by atoms with van der Waals surface area (Å²) < 4.78 is 10.8. The highest BCUT2D eigenvalue weighted by molar-refractivity contribution is 5.46. The number of rotatable bonds is 5. The van der Waals surface area contributed by atoms with E-state index in [1.54, 1.807) is 18.6 Å². The SMILES string of the molecule is c1cnc(N2CCN(c3nncc(NCc4ccc5c(c4)OCO5)n3)CC2)nc1. The van der Waals surface area contributed by atoms with Gasteiger partial charge in [0.1, 0.15) is 0 Å². The topological polar surface area (TPSA) is 101 Å². The molecule has 0 spiro atoms. The first-order valence-corrected chi connectivity index (χ1v) is 9.44. The second-order valence-corrected chi connectivity index (χ2v) is 6.71. The average molecular weight is 392 g/mol. The second-order valence-electron chi connectivity index (χ2n) is 6.71. The third-order valence-corrected chi connectivity index (χ3v) is 4.86. The van der Waals surface area contributed by atoms with Gasteiger partial charge < -0.3 is 24.6 Å². The smallest absolute Gasteiger partial charge is 0.247 e. The summed E-state index contributed by atoms with van der Waals surface area (Å²) in [7, 11) is 0. The molecule has 2 aliphatic rings. The molecule has 0 atom stereocenters. The molecule has 3 aromatic rings. The minimum atomic E-state index is 0.273. The van der Waals surface area contributed by atoms with Gasteiger partial charge in [0.2, 0.25) is 18.7 Å². The molecule has 29 heavy (non-hydrogen) atoms. The van der Waals surface area contributed by atoms with Crippen molar-refractivity contribution >= 4 is 17.7 Å². The molecular weight excluding hydrogens is 372 g/mol. The van der Waals surface area contributed by atoms with Gasteiger partial charge in [-0.25, -0.2) is 9.97 Å². The average Bonchev–Trinajstić information content (AvgIpc) is 3.27. The number of ether oxygens (including phenoxy) is 2. The van der Waals surface area contributed by atoms with Crippen molar-refractivity contribution < 1.29 is 9.47 Å². The molecule has 10 heteroatoms. The minimum Gasteiger partial charge on any atom is -0.454 e. The Kier molecular flexibility index (Phi) is 4.65. The quantitative estimate of drug-likeness (QED) is 0.684. The van der Waals surface area contributed by atoms with E-state index in [0.717, 1.165) is 49.2 Å². The molecule has 5 rings (SSSR count). The molecule has 0 bridgehead atoms. The predicted octanol–water partition coefficient (Wildman–Crippen LogP) is 1.33. The van der Waals surface area contributed by atoms with Gasteiger partial charge in [-0.3, -0.25) is 0 Å². The highest BCUT2D eigenvalue weighted by Gasteiger charge is 2.21. The molecule has 0 amide bonds. The van der Waals surface area contributed by atoms with Gasteiger partial charge in [0, 0.05) is 45.1 Å². The summed E-state index contributed by atoms with van der Waals surface area (Å²) in [6.45, 7) is 4.06. The maximum atomic E-state index is 5.42. The van der Waals surface area contributed by atoms with Crippen molar-refractivity contribution in [3.8, 4) is 11.5 Å². The van der Waals surface area contributed by atoms with E-state index in [0.29, 0.717) is 18.3 Å². The number of aromatic nitrogens is 5. The Bertz CT molecular complexity index is 979. The van der Waals surface area contributed by atoms with Crippen molar-refractivity contribution in [1.29, 1.82) is 0 Å². The van der Waals surface area contributed by atoms with Crippen LogP contribution in [0.15, 0.2) is 42.9 Å². The molecule has 1 N–H and O–H groups in total. The molecule has 0 aliphatic carbocycles. The summed E-state index contributed by atoms with van der Waals surface area (Å²) in [5.74, 6) is 3.60. The van der Waals surface area contributed by atoms with Gasteiger partial charge in [0.05, 0.1) is 6.20 Å². The molecule has 0 saturated carbocycles. The summed E-state index contributed by atoms with van der Waals surface area (Å²) >= 11 is 0. The van der Waals surface area contributed by atoms with Crippen LogP contribution in [0.25, 0.3) is 0 Å². The Labute approximate surface area is 167 Å². The van der Waals surface area contributed by atoms with E-state index in [-0.39, 0.29) is 6.79 Å². The number of piperazine rings is 1. The normalized spacial score (nSPS) is 15.4. The van der Waals surface area contributed by atoms with Crippen molar-refractivity contribution in [3.63, 3.8) is 0 Å². The Balaban J connectivity index is 1.20. The van der Waals surface area contributed by atoms with Crippen LogP contribution in [0.5, 0.6) is 11.5 Å². The van der Waals surface area contributed by atoms with E-state index < -0.39 is 0 Å².